The Labute approximate surface area is 162 Å². The number of nitrogen functional groups attached to an aromatic ring is 1. The molecule has 2 unspecified atom stereocenters. The van der Waals surface area contributed by atoms with E-state index in [1.54, 1.807) is 7.11 Å². The van der Waals surface area contributed by atoms with Crippen LogP contribution in [0.3, 0.4) is 0 Å². The lowest BCUT2D eigenvalue weighted by atomic mass is 9.52. The van der Waals surface area contributed by atoms with E-state index in [2.05, 4.69) is 10.2 Å². The van der Waals surface area contributed by atoms with Crippen LogP contribution in [0.4, 0.5) is 11.4 Å². The quantitative estimate of drug-likeness (QED) is 0.710. The van der Waals surface area contributed by atoms with E-state index in [-0.39, 0.29) is 5.60 Å². The normalized spacial score (nSPS) is 38.9. The summed E-state index contributed by atoms with van der Waals surface area (Å²) in [4.78, 5) is 2.76. The summed E-state index contributed by atoms with van der Waals surface area (Å²) >= 11 is 0. The second-order valence-corrected chi connectivity index (χ2v) is 9.60. The standard InChI is InChI=1S/C22H33N3O2/c1-27-20-10-18(2-3-19(20)23)24-17-4-6-25(7-5-17)21-15-8-14-9-16(21)13-22(26,11-14)12-15/h2-3,10,14-17,21,24,26H,4-9,11-13,23H2,1H3/t14?,15?,16?,21-,22-. The highest BCUT2D eigenvalue weighted by molar-refractivity contribution is 5.61. The van der Waals surface area contributed by atoms with Crippen LogP contribution in [0.25, 0.3) is 0 Å². The maximum absolute atomic E-state index is 10.8. The van der Waals surface area contributed by atoms with Crippen molar-refractivity contribution in [3.8, 4) is 5.75 Å². The molecule has 1 saturated heterocycles. The molecule has 5 nitrogen and oxygen atoms in total. The van der Waals surface area contributed by atoms with E-state index >= 15 is 0 Å². The monoisotopic (exact) mass is 371 g/mol. The van der Waals surface area contributed by atoms with Crippen LogP contribution in [0, 0.1) is 17.8 Å². The Morgan fingerprint density at radius 3 is 2.48 bits per heavy atom. The van der Waals surface area contributed by atoms with Crippen molar-refractivity contribution in [1.29, 1.82) is 0 Å². The molecule has 148 valence electrons. The summed E-state index contributed by atoms with van der Waals surface area (Å²) in [5, 5.41) is 14.5. The Balaban J connectivity index is 1.20. The topological polar surface area (TPSA) is 70.8 Å². The van der Waals surface area contributed by atoms with Crippen molar-refractivity contribution in [2.45, 2.75) is 62.6 Å². The molecule has 27 heavy (non-hydrogen) atoms. The first-order chi connectivity index (χ1) is 13.0. The number of nitrogens with one attached hydrogen (secondary N) is 1. The van der Waals surface area contributed by atoms with Crippen LogP contribution in [0.15, 0.2) is 18.2 Å². The summed E-state index contributed by atoms with van der Waals surface area (Å²) in [6.07, 6.45) is 8.23. The van der Waals surface area contributed by atoms with Gasteiger partial charge in [-0.1, -0.05) is 0 Å². The van der Waals surface area contributed by atoms with Gasteiger partial charge in [-0.15, -0.1) is 0 Å². The third kappa shape index (κ3) is 3.19. The van der Waals surface area contributed by atoms with Gasteiger partial charge in [0.05, 0.1) is 18.4 Å². The smallest absolute Gasteiger partial charge is 0.143 e. The molecule has 6 rings (SSSR count). The number of ether oxygens (including phenoxy) is 1. The number of piperidine rings is 1. The van der Waals surface area contributed by atoms with E-state index in [4.69, 9.17) is 10.5 Å². The molecule has 1 aliphatic heterocycles. The zero-order valence-corrected chi connectivity index (χ0v) is 16.4. The average molecular weight is 372 g/mol. The van der Waals surface area contributed by atoms with Gasteiger partial charge in [0.1, 0.15) is 5.75 Å². The minimum absolute atomic E-state index is 0.318. The minimum Gasteiger partial charge on any atom is -0.495 e. The van der Waals surface area contributed by atoms with Crippen LogP contribution < -0.4 is 15.8 Å². The first-order valence-corrected chi connectivity index (χ1v) is 10.7. The predicted molar refractivity (Wildman–Crippen MR) is 108 cm³/mol. The van der Waals surface area contributed by atoms with Crippen LogP contribution >= 0.6 is 0 Å². The second-order valence-electron chi connectivity index (χ2n) is 9.60. The molecule has 5 aliphatic rings. The van der Waals surface area contributed by atoms with Gasteiger partial charge in [-0.25, -0.2) is 0 Å². The summed E-state index contributed by atoms with van der Waals surface area (Å²) in [5.41, 5.74) is 7.38. The highest BCUT2D eigenvalue weighted by Crippen LogP contribution is 2.57. The number of anilines is 2. The number of hydrogen-bond donors (Lipinski definition) is 3. The van der Waals surface area contributed by atoms with Crippen molar-refractivity contribution >= 4 is 11.4 Å². The van der Waals surface area contributed by atoms with Crippen molar-refractivity contribution < 1.29 is 9.84 Å². The molecular weight excluding hydrogens is 338 g/mol. The van der Waals surface area contributed by atoms with Gasteiger partial charge < -0.3 is 20.9 Å². The number of aliphatic hydroxyl groups is 1. The Kier molecular flexibility index (Phi) is 4.28. The van der Waals surface area contributed by atoms with Crippen LogP contribution in [-0.2, 0) is 0 Å². The number of benzene rings is 1. The molecule has 1 aromatic carbocycles. The van der Waals surface area contributed by atoms with Gasteiger partial charge in [0.25, 0.3) is 0 Å². The minimum atomic E-state index is -0.318. The summed E-state index contributed by atoms with van der Waals surface area (Å²) in [7, 11) is 1.66. The molecule has 4 aliphatic carbocycles. The first kappa shape index (κ1) is 17.6. The molecule has 5 heteroatoms. The lowest BCUT2D eigenvalue weighted by Crippen LogP contribution is -2.62. The predicted octanol–water partition coefficient (Wildman–Crippen LogP) is 3.09. The SMILES string of the molecule is COc1cc(NC2CCN([C@H]3C4CC5CC3C[C@](O)(C5)C4)CC2)ccc1N. The fourth-order valence-corrected chi connectivity index (χ4v) is 6.93. The summed E-state index contributed by atoms with van der Waals surface area (Å²) in [6, 6.07) is 7.19. The molecule has 0 aromatic heterocycles. The van der Waals surface area contributed by atoms with E-state index in [0.717, 1.165) is 54.5 Å². The van der Waals surface area contributed by atoms with Gasteiger partial charge in [-0.05, 0) is 74.8 Å². The van der Waals surface area contributed by atoms with Gasteiger partial charge in [0, 0.05) is 36.9 Å². The fraction of sp³-hybridized carbons (Fsp3) is 0.727. The summed E-state index contributed by atoms with van der Waals surface area (Å²) < 4.78 is 5.34. The largest absolute Gasteiger partial charge is 0.495 e. The van der Waals surface area contributed by atoms with E-state index < -0.39 is 0 Å². The number of likely N-dealkylation sites (tertiary alicyclic amines) is 1. The lowest BCUT2D eigenvalue weighted by Gasteiger charge is -2.61. The lowest BCUT2D eigenvalue weighted by molar-refractivity contribution is -0.161. The molecule has 0 radical (unpaired) electrons. The summed E-state index contributed by atoms with van der Waals surface area (Å²) in [5.74, 6) is 2.99. The molecule has 0 spiro atoms. The molecule has 4 N–H and O–H groups in total. The number of hydrogen-bond acceptors (Lipinski definition) is 5. The van der Waals surface area contributed by atoms with Crippen molar-refractivity contribution in [3.63, 3.8) is 0 Å². The molecule has 5 fully saturated rings. The average Bonchev–Trinajstić information content (AvgIpc) is 2.63. The van der Waals surface area contributed by atoms with E-state index in [9.17, 15) is 5.11 Å². The first-order valence-electron chi connectivity index (χ1n) is 10.7. The molecular formula is C22H33N3O2. The number of nitrogens with two attached hydrogens (primary N) is 1. The fourth-order valence-electron chi connectivity index (χ4n) is 6.93. The Hall–Kier alpha value is -1.46. The van der Waals surface area contributed by atoms with Gasteiger partial charge in [-0.3, -0.25) is 4.90 Å². The Bertz CT molecular complexity index is 685. The maximum atomic E-state index is 10.8. The molecule has 1 heterocycles. The Morgan fingerprint density at radius 2 is 1.85 bits per heavy atom. The third-order valence-corrected chi connectivity index (χ3v) is 7.75. The van der Waals surface area contributed by atoms with Crippen molar-refractivity contribution in [2.75, 3.05) is 31.2 Å². The van der Waals surface area contributed by atoms with Crippen molar-refractivity contribution in [3.05, 3.63) is 18.2 Å². The highest BCUT2D eigenvalue weighted by atomic mass is 16.5. The van der Waals surface area contributed by atoms with Gasteiger partial charge in [0.15, 0.2) is 0 Å². The van der Waals surface area contributed by atoms with Crippen LogP contribution in [-0.4, -0.2) is 47.9 Å². The zero-order chi connectivity index (χ0) is 18.6. The number of methoxy groups -OCH3 is 1. The molecule has 4 saturated carbocycles. The van der Waals surface area contributed by atoms with Crippen LogP contribution in [0.2, 0.25) is 0 Å². The molecule has 4 bridgehead atoms. The van der Waals surface area contributed by atoms with E-state index in [1.807, 2.05) is 18.2 Å². The number of nitrogens with zero attached hydrogens (tertiary/aromatic N) is 1. The highest BCUT2D eigenvalue weighted by Gasteiger charge is 2.56. The summed E-state index contributed by atoms with van der Waals surface area (Å²) in [6.45, 7) is 2.34. The maximum Gasteiger partial charge on any atom is 0.143 e. The van der Waals surface area contributed by atoms with Gasteiger partial charge in [0.2, 0.25) is 0 Å². The molecule has 0 amide bonds. The molecule has 2 atom stereocenters. The van der Waals surface area contributed by atoms with E-state index in [0.29, 0.717) is 11.7 Å². The zero-order valence-electron chi connectivity index (χ0n) is 16.4. The van der Waals surface area contributed by atoms with Gasteiger partial charge in [-0.2, -0.15) is 0 Å². The van der Waals surface area contributed by atoms with Crippen LogP contribution in [0.5, 0.6) is 5.75 Å². The molecule has 1 aromatic rings. The van der Waals surface area contributed by atoms with Crippen molar-refractivity contribution in [1.82, 2.24) is 4.90 Å². The second kappa shape index (κ2) is 6.56. The third-order valence-electron chi connectivity index (χ3n) is 7.75. The Morgan fingerprint density at radius 1 is 1.15 bits per heavy atom. The van der Waals surface area contributed by atoms with Crippen molar-refractivity contribution in [2.24, 2.45) is 17.8 Å². The number of rotatable bonds is 4. The van der Waals surface area contributed by atoms with E-state index in [1.165, 1.54) is 38.8 Å². The van der Waals surface area contributed by atoms with Gasteiger partial charge >= 0.3 is 0 Å². The van der Waals surface area contributed by atoms with Crippen LogP contribution in [0.1, 0.15) is 44.9 Å².